The van der Waals surface area contributed by atoms with E-state index in [9.17, 15) is 4.79 Å². The van der Waals surface area contributed by atoms with E-state index in [-0.39, 0.29) is 0 Å². The molecule has 2 atom stereocenters. The molecule has 114 valence electrons. The lowest BCUT2D eigenvalue weighted by Crippen LogP contribution is -2.24. The maximum absolute atomic E-state index is 11.0. The second kappa shape index (κ2) is 6.48. The molecule has 3 rings (SSSR count). The molecule has 4 heteroatoms. The SMILES string of the molecule is NC(=O)c1ccc(OCCCN2CC3CCCC3C2)cc1. The summed E-state index contributed by atoms with van der Waals surface area (Å²) < 4.78 is 5.72. The highest BCUT2D eigenvalue weighted by molar-refractivity contribution is 5.92. The Labute approximate surface area is 126 Å². The van der Waals surface area contributed by atoms with Crippen LogP contribution in [-0.4, -0.2) is 37.0 Å². The average Bonchev–Trinajstić information content (AvgIpc) is 3.05. The van der Waals surface area contributed by atoms with Gasteiger partial charge in [0.05, 0.1) is 6.61 Å². The van der Waals surface area contributed by atoms with E-state index in [4.69, 9.17) is 10.5 Å². The van der Waals surface area contributed by atoms with Crippen LogP contribution in [0.15, 0.2) is 24.3 Å². The maximum atomic E-state index is 11.0. The van der Waals surface area contributed by atoms with Gasteiger partial charge in [0.2, 0.25) is 5.91 Å². The molecule has 1 saturated carbocycles. The number of hydrogen-bond donors (Lipinski definition) is 1. The first-order chi connectivity index (χ1) is 10.2. The minimum Gasteiger partial charge on any atom is -0.494 e. The minimum atomic E-state index is -0.402. The highest BCUT2D eigenvalue weighted by Crippen LogP contribution is 2.37. The Morgan fingerprint density at radius 1 is 1.19 bits per heavy atom. The quantitative estimate of drug-likeness (QED) is 0.817. The van der Waals surface area contributed by atoms with Crippen LogP contribution in [0.4, 0.5) is 0 Å². The van der Waals surface area contributed by atoms with Crippen molar-refractivity contribution in [1.29, 1.82) is 0 Å². The number of carbonyl (C=O) groups excluding carboxylic acids is 1. The molecule has 2 fully saturated rings. The Bertz CT molecular complexity index is 474. The van der Waals surface area contributed by atoms with Gasteiger partial charge in [-0.3, -0.25) is 4.79 Å². The number of nitrogens with zero attached hydrogens (tertiary/aromatic N) is 1. The summed E-state index contributed by atoms with van der Waals surface area (Å²) in [6.07, 6.45) is 5.36. The van der Waals surface area contributed by atoms with Crippen molar-refractivity contribution in [2.75, 3.05) is 26.2 Å². The summed E-state index contributed by atoms with van der Waals surface area (Å²) in [6, 6.07) is 7.03. The topological polar surface area (TPSA) is 55.6 Å². The summed E-state index contributed by atoms with van der Waals surface area (Å²) >= 11 is 0. The zero-order chi connectivity index (χ0) is 14.7. The fourth-order valence-corrected chi connectivity index (χ4v) is 3.71. The van der Waals surface area contributed by atoms with Gasteiger partial charge in [-0.25, -0.2) is 0 Å². The number of ether oxygens (including phenoxy) is 1. The molecule has 1 aliphatic heterocycles. The molecule has 1 heterocycles. The van der Waals surface area contributed by atoms with Gasteiger partial charge in [0, 0.05) is 25.2 Å². The molecule has 1 aliphatic carbocycles. The first-order valence-electron chi connectivity index (χ1n) is 7.97. The summed E-state index contributed by atoms with van der Waals surface area (Å²) in [4.78, 5) is 13.6. The molecule has 1 saturated heterocycles. The fraction of sp³-hybridized carbons (Fsp3) is 0.588. The van der Waals surface area contributed by atoms with E-state index in [1.165, 1.54) is 32.4 Å². The van der Waals surface area contributed by atoms with Crippen molar-refractivity contribution in [3.8, 4) is 5.75 Å². The largest absolute Gasteiger partial charge is 0.494 e. The molecule has 21 heavy (non-hydrogen) atoms. The van der Waals surface area contributed by atoms with Crippen molar-refractivity contribution >= 4 is 5.91 Å². The smallest absolute Gasteiger partial charge is 0.248 e. The van der Waals surface area contributed by atoms with Gasteiger partial charge in [-0.1, -0.05) is 6.42 Å². The van der Waals surface area contributed by atoms with Crippen LogP contribution in [0.2, 0.25) is 0 Å². The van der Waals surface area contributed by atoms with Crippen molar-refractivity contribution < 1.29 is 9.53 Å². The summed E-state index contributed by atoms with van der Waals surface area (Å²) in [5.74, 6) is 2.33. The minimum absolute atomic E-state index is 0.402. The highest BCUT2D eigenvalue weighted by Gasteiger charge is 2.35. The van der Waals surface area contributed by atoms with Crippen molar-refractivity contribution in [1.82, 2.24) is 4.90 Å². The van der Waals surface area contributed by atoms with E-state index in [0.29, 0.717) is 5.56 Å². The molecule has 0 spiro atoms. The van der Waals surface area contributed by atoms with Crippen LogP contribution in [0.3, 0.4) is 0 Å². The van der Waals surface area contributed by atoms with E-state index in [1.54, 1.807) is 24.3 Å². The zero-order valence-electron chi connectivity index (χ0n) is 12.5. The summed E-state index contributed by atoms with van der Waals surface area (Å²) in [5, 5.41) is 0. The van der Waals surface area contributed by atoms with Crippen molar-refractivity contribution in [3.05, 3.63) is 29.8 Å². The van der Waals surface area contributed by atoms with Crippen molar-refractivity contribution in [2.45, 2.75) is 25.7 Å². The maximum Gasteiger partial charge on any atom is 0.248 e. The van der Waals surface area contributed by atoms with Gasteiger partial charge in [0.15, 0.2) is 0 Å². The Morgan fingerprint density at radius 3 is 2.48 bits per heavy atom. The summed E-state index contributed by atoms with van der Waals surface area (Å²) in [7, 11) is 0. The average molecular weight is 288 g/mol. The van der Waals surface area contributed by atoms with Gasteiger partial charge in [-0.15, -0.1) is 0 Å². The molecule has 1 aromatic carbocycles. The standard InChI is InChI=1S/C17H24N2O2/c18-17(20)13-5-7-16(8-6-13)21-10-2-9-19-11-14-3-1-4-15(14)12-19/h5-8,14-15H,1-4,9-12H2,(H2,18,20). The monoisotopic (exact) mass is 288 g/mol. The van der Waals surface area contributed by atoms with Crippen LogP contribution in [0.25, 0.3) is 0 Å². The number of rotatable bonds is 6. The lowest BCUT2D eigenvalue weighted by molar-refractivity contribution is 0.100. The van der Waals surface area contributed by atoms with E-state index in [1.807, 2.05) is 0 Å². The predicted molar refractivity (Wildman–Crippen MR) is 82.3 cm³/mol. The zero-order valence-corrected chi connectivity index (χ0v) is 12.5. The number of hydrogen-bond acceptors (Lipinski definition) is 3. The van der Waals surface area contributed by atoms with Crippen LogP contribution in [0.5, 0.6) is 5.75 Å². The van der Waals surface area contributed by atoms with Gasteiger partial charge in [-0.2, -0.15) is 0 Å². The number of amides is 1. The van der Waals surface area contributed by atoms with E-state index in [0.717, 1.165) is 37.2 Å². The van der Waals surface area contributed by atoms with Crippen LogP contribution in [0, 0.1) is 11.8 Å². The molecule has 2 unspecified atom stereocenters. The number of fused-ring (bicyclic) bond motifs is 1. The molecule has 1 aromatic rings. The normalized spacial score (nSPS) is 25.0. The molecule has 0 aromatic heterocycles. The first kappa shape index (κ1) is 14.4. The van der Waals surface area contributed by atoms with Gasteiger partial charge < -0.3 is 15.4 Å². The molecular formula is C17H24N2O2. The first-order valence-corrected chi connectivity index (χ1v) is 7.97. The summed E-state index contributed by atoms with van der Waals surface area (Å²) in [6.45, 7) is 4.43. The number of nitrogens with two attached hydrogens (primary N) is 1. The van der Waals surface area contributed by atoms with Gasteiger partial charge in [0.25, 0.3) is 0 Å². The molecule has 2 aliphatic rings. The number of primary amides is 1. The highest BCUT2D eigenvalue weighted by atomic mass is 16.5. The number of benzene rings is 1. The Hall–Kier alpha value is -1.55. The molecule has 0 bridgehead atoms. The van der Waals surface area contributed by atoms with Gasteiger partial charge >= 0.3 is 0 Å². The molecule has 4 nitrogen and oxygen atoms in total. The van der Waals surface area contributed by atoms with Crippen LogP contribution < -0.4 is 10.5 Å². The Kier molecular flexibility index (Phi) is 4.44. The summed E-state index contributed by atoms with van der Waals surface area (Å²) in [5.41, 5.74) is 5.73. The van der Waals surface area contributed by atoms with Crippen LogP contribution in [0.1, 0.15) is 36.0 Å². The lowest BCUT2D eigenvalue weighted by Gasteiger charge is -2.16. The second-order valence-corrected chi connectivity index (χ2v) is 6.30. The van der Waals surface area contributed by atoms with Crippen molar-refractivity contribution in [3.63, 3.8) is 0 Å². The lowest BCUT2D eigenvalue weighted by atomic mass is 10.0. The Morgan fingerprint density at radius 2 is 1.86 bits per heavy atom. The van der Waals surface area contributed by atoms with Gasteiger partial charge in [0.1, 0.15) is 5.75 Å². The van der Waals surface area contributed by atoms with E-state index >= 15 is 0 Å². The van der Waals surface area contributed by atoms with Crippen LogP contribution >= 0.6 is 0 Å². The number of likely N-dealkylation sites (tertiary alicyclic amines) is 1. The second-order valence-electron chi connectivity index (χ2n) is 6.30. The van der Waals surface area contributed by atoms with E-state index in [2.05, 4.69) is 4.90 Å². The third-order valence-corrected chi connectivity index (χ3v) is 4.83. The molecule has 0 radical (unpaired) electrons. The molecular weight excluding hydrogens is 264 g/mol. The van der Waals surface area contributed by atoms with E-state index < -0.39 is 5.91 Å². The third kappa shape index (κ3) is 3.56. The molecule has 2 N–H and O–H groups in total. The molecule has 1 amide bonds. The number of carbonyl (C=O) groups is 1. The Balaban J connectivity index is 1.36. The van der Waals surface area contributed by atoms with Crippen molar-refractivity contribution in [2.24, 2.45) is 17.6 Å². The predicted octanol–water partition coefficient (Wildman–Crippen LogP) is 2.29. The van der Waals surface area contributed by atoms with Gasteiger partial charge in [-0.05, 0) is 55.4 Å². The fourth-order valence-electron chi connectivity index (χ4n) is 3.71. The third-order valence-electron chi connectivity index (χ3n) is 4.83. The van der Waals surface area contributed by atoms with Crippen LogP contribution in [-0.2, 0) is 0 Å².